The van der Waals surface area contributed by atoms with Crippen molar-refractivity contribution in [2.24, 2.45) is 11.7 Å². The molecule has 3 N–H and O–H groups in total. The van der Waals surface area contributed by atoms with Gasteiger partial charge in [-0.15, -0.1) is 0 Å². The molecule has 1 aliphatic rings. The van der Waals surface area contributed by atoms with E-state index in [1.165, 1.54) is 0 Å². The molecule has 1 fully saturated rings. The number of nitrogens with one attached hydrogen (secondary N) is 1. The molecule has 4 atom stereocenters. The van der Waals surface area contributed by atoms with Crippen LogP contribution >= 0.6 is 0 Å². The van der Waals surface area contributed by atoms with Gasteiger partial charge in [0.25, 0.3) is 0 Å². The van der Waals surface area contributed by atoms with Crippen LogP contribution in [0.3, 0.4) is 0 Å². The van der Waals surface area contributed by atoms with E-state index in [9.17, 15) is 4.79 Å². The Balaban J connectivity index is 2.41. The number of hydrogen-bond acceptors (Lipinski definition) is 3. The van der Waals surface area contributed by atoms with E-state index in [0.717, 1.165) is 25.8 Å². The van der Waals surface area contributed by atoms with Gasteiger partial charge < -0.3 is 16.0 Å². The maximum Gasteiger partial charge on any atom is 0.237 e. The van der Waals surface area contributed by atoms with Crippen LogP contribution in [0.4, 0.5) is 0 Å². The van der Waals surface area contributed by atoms with Crippen molar-refractivity contribution in [3.05, 3.63) is 0 Å². The molecule has 0 bridgehead atoms. The monoisotopic (exact) mass is 241 g/mol. The number of piperidine rings is 1. The fourth-order valence-electron chi connectivity index (χ4n) is 2.23. The number of amides is 1. The summed E-state index contributed by atoms with van der Waals surface area (Å²) < 4.78 is 0. The first-order valence-electron chi connectivity index (χ1n) is 6.71. The van der Waals surface area contributed by atoms with Gasteiger partial charge in [0.1, 0.15) is 0 Å². The summed E-state index contributed by atoms with van der Waals surface area (Å²) in [5.41, 5.74) is 5.93. The van der Waals surface area contributed by atoms with E-state index in [1.54, 1.807) is 0 Å². The van der Waals surface area contributed by atoms with Crippen molar-refractivity contribution in [2.75, 3.05) is 13.6 Å². The van der Waals surface area contributed by atoms with Crippen molar-refractivity contribution >= 4 is 5.91 Å². The van der Waals surface area contributed by atoms with Gasteiger partial charge in [0.05, 0.1) is 6.04 Å². The van der Waals surface area contributed by atoms with Gasteiger partial charge in [-0.05, 0) is 32.7 Å². The molecule has 2 unspecified atom stereocenters. The Kier molecular flexibility index (Phi) is 5.40. The molecule has 17 heavy (non-hydrogen) atoms. The summed E-state index contributed by atoms with van der Waals surface area (Å²) in [6.45, 7) is 7.34. The lowest BCUT2D eigenvalue weighted by Gasteiger charge is -2.36. The minimum absolute atomic E-state index is 0.0149. The first-order valence-corrected chi connectivity index (χ1v) is 6.71. The van der Waals surface area contributed by atoms with E-state index in [-0.39, 0.29) is 17.9 Å². The number of likely N-dealkylation sites (tertiary alicyclic amines) is 1. The van der Waals surface area contributed by atoms with Crippen LogP contribution in [0, 0.1) is 5.92 Å². The van der Waals surface area contributed by atoms with Crippen molar-refractivity contribution in [3.63, 3.8) is 0 Å². The van der Waals surface area contributed by atoms with Gasteiger partial charge in [0.15, 0.2) is 0 Å². The molecule has 1 amide bonds. The van der Waals surface area contributed by atoms with Crippen molar-refractivity contribution in [1.82, 2.24) is 10.2 Å². The van der Waals surface area contributed by atoms with Crippen LogP contribution in [0.25, 0.3) is 0 Å². The second-order valence-electron chi connectivity index (χ2n) is 5.47. The summed E-state index contributed by atoms with van der Waals surface area (Å²) in [5, 5.41) is 3.09. The molecule has 0 radical (unpaired) electrons. The number of nitrogens with zero attached hydrogens (tertiary/aromatic N) is 1. The highest BCUT2D eigenvalue weighted by Gasteiger charge is 2.26. The lowest BCUT2D eigenvalue weighted by Crippen LogP contribution is -2.52. The summed E-state index contributed by atoms with van der Waals surface area (Å²) in [7, 11) is 2.13. The smallest absolute Gasteiger partial charge is 0.237 e. The topological polar surface area (TPSA) is 58.4 Å². The maximum atomic E-state index is 12.0. The molecule has 1 saturated heterocycles. The minimum atomic E-state index is -0.366. The molecule has 1 heterocycles. The number of carbonyl (C=O) groups excluding carboxylic acids is 1. The zero-order chi connectivity index (χ0) is 13.0. The van der Waals surface area contributed by atoms with Gasteiger partial charge >= 0.3 is 0 Å². The average molecular weight is 241 g/mol. The zero-order valence-electron chi connectivity index (χ0n) is 11.6. The van der Waals surface area contributed by atoms with Crippen LogP contribution in [0.1, 0.15) is 40.0 Å². The molecule has 0 aliphatic carbocycles. The van der Waals surface area contributed by atoms with Crippen LogP contribution in [0.2, 0.25) is 0 Å². The average Bonchev–Trinajstić information content (AvgIpc) is 2.31. The third kappa shape index (κ3) is 3.96. The number of nitrogens with two attached hydrogens (primary N) is 1. The van der Waals surface area contributed by atoms with E-state index < -0.39 is 0 Å². The molecular formula is C13H27N3O. The van der Waals surface area contributed by atoms with Crippen LogP contribution in [-0.2, 0) is 4.79 Å². The lowest BCUT2D eigenvalue weighted by molar-refractivity contribution is -0.124. The standard InChI is InChI=1S/C13H27N3O/c1-5-9(2)12(14)13(17)15-11-6-7-16(4)10(3)8-11/h9-12H,5-8,14H2,1-4H3,(H,15,17)/t9-,10?,11?,12-/m0/s1. The fraction of sp³-hybridized carbons (Fsp3) is 0.923. The molecule has 1 rings (SSSR count). The highest BCUT2D eigenvalue weighted by molar-refractivity contribution is 5.82. The Morgan fingerprint density at radius 1 is 1.59 bits per heavy atom. The first kappa shape index (κ1) is 14.5. The Morgan fingerprint density at radius 3 is 2.76 bits per heavy atom. The summed E-state index contributed by atoms with van der Waals surface area (Å²) in [4.78, 5) is 14.3. The van der Waals surface area contributed by atoms with Crippen molar-refractivity contribution in [3.8, 4) is 0 Å². The van der Waals surface area contributed by atoms with E-state index in [4.69, 9.17) is 5.73 Å². The summed E-state index contributed by atoms with van der Waals surface area (Å²) in [6, 6.07) is 0.465. The first-order chi connectivity index (χ1) is 7.95. The van der Waals surface area contributed by atoms with E-state index in [2.05, 4.69) is 31.1 Å². The van der Waals surface area contributed by atoms with Gasteiger partial charge in [-0.1, -0.05) is 20.3 Å². The molecular weight excluding hydrogens is 214 g/mol. The summed E-state index contributed by atoms with van der Waals surface area (Å²) >= 11 is 0. The number of rotatable bonds is 4. The molecule has 4 heteroatoms. The van der Waals surface area contributed by atoms with Gasteiger partial charge in [0, 0.05) is 18.6 Å². The highest BCUT2D eigenvalue weighted by Crippen LogP contribution is 2.16. The minimum Gasteiger partial charge on any atom is -0.352 e. The Hall–Kier alpha value is -0.610. The molecule has 4 nitrogen and oxygen atoms in total. The Labute approximate surface area is 105 Å². The van der Waals surface area contributed by atoms with Gasteiger partial charge in [-0.3, -0.25) is 4.79 Å². The highest BCUT2D eigenvalue weighted by atomic mass is 16.2. The third-order valence-electron chi connectivity index (χ3n) is 4.11. The lowest BCUT2D eigenvalue weighted by atomic mass is 9.96. The van der Waals surface area contributed by atoms with E-state index in [1.807, 2.05) is 6.92 Å². The summed E-state index contributed by atoms with van der Waals surface area (Å²) in [6.07, 6.45) is 2.99. The van der Waals surface area contributed by atoms with Gasteiger partial charge in [-0.25, -0.2) is 0 Å². The predicted molar refractivity (Wildman–Crippen MR) is 70.7 cm³/mol. The normalized spacial score (nSPS) is 29.7. The van der Waals surface area contributed by atoms with E-state index >= 15 is 0 Å². The SMILES string of the molecule is CC[C@H](C)[C@H](N)C(=O)NC1CCN(C)C(C)C1. The molecule has 0 aromatic carbocycles. The predicted octanol–water partition coefficient (Wildman–Crippen LogP) is 0.959. The van der Waals surface area contributed by atoms with Crippen LogP contribution in [-0.4, -0.2) is 42.5 Å². The zero-order valence-corrected chi connectivity index (χ0v) is 11.6. The second-order valence-corrected chi connectivity index (χ2v) is 5.47. The second kappa shape index (κ2) is 6.36. The Morgan fingerprint density at radius 2 is 2.24 bits per heavy atom. The molecule has 0 aromatic heterocycles. The molecule has 0 spiro atoms. The van der Waals surface area contributed by atoms with Crippen molar-refractivity contribution in [1.29, 1.82) is 0 Å². The number of hydrogen-bond donors (Lipinski definition) is 2. The molecule has 0 saturated carbocycles. The van der Waals surface area contributed by atoms with Crippen LogP contribution in [0.5, 0.6) is 0 Å². The molecule has 100 valence electrons. The van der Waals surface area contributed by atoms with Crippen molar-refractivity contribution in [2.45, 2.75) is 58.2 Å². The number of carbonyl (C=O) groups is 1. The van der Waals surface area contributed by atoms with E-state index in [0.29, 0.717) is 12.1 Å². The van der Waals surface area contributed by atoms with Crippen molar-refractivity contribution < 1.29 is 4.79 Å². The molecule has 0 aromatic rings. The third-order valence-corrected chi connectivity index (χ3v) is 4.11. The quantitative estimate of drug-likeness (QED) is 0.771. The maximum absolute atomic E-state index is 12.0. The molecule has 1 aliphatic heterocycles. The van der Waals surface area contributed by atoms with Crippen LogP contribution < -0.4 is 11.1 Å². The van der Waals surface area contributed by atoms with Gasteiger partial charge in [-0.2, -0.15) is 0 Å². The van der Waals surface area contributed by atoms with Gasteiger partial charge in [0.2, 0.25) is 5.91 Å². The Bertz CT molecular complexity index is 257. The summed E-state index contributed by atoms with van der Waals surface area (Å²) in [5.74, 6) is 0.264. The fourth-order valence-corrected chi connectivity index (χ4v) is 2.23. The largest absolute Gasteiger partial charge is 0.352 e. The van der Waals surface area contributed by atoms with Crippen LogP contribution in [0.15, 0.2) is 0 Å².